The van der Waals surface area contributed by atoms with Gasteiger partial charge in [-0.05, 0) is 73.2 Å². The third kappa shape index (κ3) is 6.35. The summed E-state index contributed by atoms with van der Waals surface area (Å²) in [5.41, 5.74) is 0.995. The molecule has 1 saturated carbocycles. The Hall–Kier alpha value is -2.80. The summed E-state index contributed by atoms with van der Waals surface area (Å²) in [6.07, 6.45) is 9.16. The SMILES string of the molecule is CC[C@H]1CC[C@H](CCCOc2ccc(C(=O)Oc3ccc(C#N)cc3)cc2)CC1. The second-order valence-electron chi connectivity index (χ2n) is 7.84. The molecule has 1 fully saturated rings. The summed E-state index contributed by atoms with van der Waals surface area (Å²) in [5, 5.41) is 8.81. The number of ether oxygens (including phenoxy) is 2. The van der Waals surface area contributed by atoms with Crippen LogP contribution in [0.3, 0.4) is 0 Å². The zero-order chi connectivity index (χ0) is 20.5. The Labute approximate surface area is 173 Å². The Bertz CT molecular complexity index is 813. The molecule has 0 unspecified atom stereocenters. The molecule has 1 aliphatic carbocycles. The number of hydrogen-bond acceptors (Lipinski definition) is 4. The van der Waals surface area contributed by atoms with E-state index in [1.165, 1.54) is 38.5 Å². The minimum absolute atomic E-state index is 0.419. The number of carbonyl (C=O) groups excluding carboxylic acids is 1. The van der Waals surface area contributed by atoms with E-state index in [1.807, 2.05) is 18.2 Å². The minimum atomic E-state index is -0.427. The van der Waals surface area contributed by atoms with Crippen molar-refractivity contribution in [2.24, 2.45) is 11.8 Å². The predicted molar refractivity (Wildman–Crippen MR) is 113 cm³/mol. The van der Waals surface area contributed by atoms with Gasteiger partial charge in [0.15, 0.2) is 0 Å². The molecule has 0 N–H and O–H groups in total. The number of benzene rings is 2. The Morgan fingerprint density at radius 2 is 1.59 bits per heavy atom. The normalized spacial score (nSPS) is 18.6. The second-order valence-corrected chi connectivity index (χ2v) is 7.84. The highest BCUT2D eigenvalue weighted by Crippen LogP contribution is 2.33. The third-order valence-electron chi connectivity index (χ3n) is 5.85. The summed E-state index contributed by atoms with van der Waals surface area (Å²) in [6, 6.07) is 15.5. The van der Waals surface area contributed by atoms with Crippen LogP contribution in [0.1, 0.15) is 67.8 Å². The van der Waals surface area contributed by atoms with Gasteiger partial charge in [-0.1, -0.05) is 39.0 Å². The minimum Gasteiger partial charge on any atom is -0.494 e. The lowest BCUT2D eigenvalue weighted by atomic mass is 9.79. The first-order valence-corrected chi connectivity index (χ1v) is 10.6. The van der Waals surface area contributed by atoms with Gasteiger partial charge in [-0.2, -0.15) is 5.26 Å². The molecule has 0 amide bonds. The van der Waals surface area contributed by atoms with Crippen molar-refractivity contribution in [2.45, 2.75) is 51.9 Å². The van der Waals surface area contributed by atoms with Crippen LogP contribution in [0.2, 0.25) is 0 Å². The summed E-state index contributed by atoms with van der Waals surface area (Å²) in [4.78, 5) is 12.2. The van der Waals surface area contributed by atoms with Gasteiger partial charge in [-0.3, -0.25) is 0 Å². The third-order valence-corrected chi connectivity index (χ3v) is 5.85. The van der Waals surface area contributed by atoms with Crippen LogP contribution in [0.5, 0.6) is 11.5 Å². The van der Waals surface area contributed by atoms with E-state index in [1.54, 1.807) is 36.4 Å². The van der Waals surface area contributed by atoms with E-state index in [0.29, 0.717) is 23.5 Å². The zero-order valence-electron chi connectivity index (χ0n) is 17.1. The van der Waals surface area contributed by atoms with Gasteiger partial charge in [0.1, 0.15) is 11.5 Å². The van der Waals surface area contributed by atoms with Gasteiger partial charge in [0.2, 0.25) is 0 Å². The topological polar surface area (TPSA) is 59.3 Å². The van der Waals surface area contributed by atoms with Gasteiger partial charge in [0.25, 0.3) is 0 Å². The molecule has 0 heterocycles. The summed E-state index contributed by atoms with van der Waals surface area (Å²) < 4.78 is 11.2. The van der Waals surface area contributed by atoms with E-state index in [-0.39, 0.29) is 0 Å². The molecule has 0 aliphatic heterocycles. The zero-order valence-corrected chi connectivity index (χ0v) is 17.1. The van der Waals surface area contributed by atoms with E-state index in [4.69, 9.17) is 14.7 Å². The van der Waals surface area contributed by atoms with E-state index in [0.717, 1.165) is 24.0 Å². The van der Waals surface area contributed by atoms with Crippen LogP contribution in [-0.2, 0) is 0 Å². The van der Waals surface area contributed by atoms with E-state index >= 15 is 0 Å². The molecular weight excluding hydrogens is 362 g/mol. The molecule has 0 spiro atoms. The first kappa shape index (κ1) is 20.9. The second kappa shape index (κ2) is 10.7. The van der Waals surface area contributed by atoms with Crippen molar-refractivity contribution in [3.63, 3.8) is 0 Å². The molecule has 0 aromatic heterocycles. The van der Waals surface area contributed by atoms with Crippen LogP contribution < -0.4 is 9.47 Å². The molecule has 0 radical (unpaired) electrons. The van der Waals surface area contributed by atoms with Crippen molar-refractivity contribution in [1.82, 2.24) is 0 Å². The molecule has 2 aromatic carbocycles. The van der Waals surface area contributed by atoms with E-state index in [2.05, 4.69) is 6.92 Å². The smallest absolute Gasteiger partial charge is 0.343 e. The molecule has 3 rings (SSSR count). The fourth-order valence-corrected chi connectivity index (χ4v) is 3.94. The summed E-state index contributed by atoms with van der Waals surface area (Å²) in [7, 11) is 0. The van der Waals surface area contributed by atoms with Crippen molar-refractivity contribution in [2.75, 3.05) is 6.61 Å². The van der Waals surface area contributed by atoms with Crippen LogP contribution in [0.4, 0.5) is 0 Å². The monoisotopic (exact) mass is 391 g/mol. The van der Waals surface area contributed by atoms with E-state index < -0.39 is 5.97 Å². The average Bonchev–Trinajstić information content (AvgIpc) is 2.78. The molecule has 1 aliphatic rings. The standard InChI is InChI=1S/C25H29NO3/c1-2-19-5-7-20(8-6-19)4-3-17-28-23-15-11-22(12-16-23)25(27)29-24-13-9-21(18-26)10-14-24/h9-16,19-20H,2-8,17H2,1H3/t19-,20-. The number of carbonyl (C=O) groups is 1. The maximum absolute atomic E-state index is 12.2. The van der Waals surface area contributed by atoms with Crippen molar-refractivity contribution in [3.05, 3.63) is 59.7 Å². The van der Waals surface area contributed by atoms with Gasteiger partial charge in [0, 0.05) is 0 Å². The van der Waals surface area contributed by atoms with E-state index in [9.17, 15) is 4.79 Å². The predicted octanol–water partition coefficient (Wildman–Crippen LogP) is 6.15. The van der Waals surface area contributed by atoms with Gasteiger partial charge in [-0.15, -0.1) is 0 Å². The number of hydrogen-bond donors (Lipinski definition) is 0. The Morgan fingerprint density at radius 3 is 2.21 bits per heavy atom. The summed E-state index contributed by atoms with van der Waals surface area (Å²) in [5.74, 6) is 2.58. The molecule has 152 valence electrons. The van der Waals surface area contributed by atoms with Crippen LogP contribution in [0.15, 0.2) is 48.5 Å². The Balaban J connectivity index is 1.39. The highest BCUT2D eigenvalue weighted by Gasteiger charge is 2.19. The van der Waals surface area contributed by atoms with Crippen LogP contribution in [0, 0.1) is 23.2 Å². The lowest BCUT2D eigenvalue weighted by molar-refractivity contribution is 0.0734. The largest absolute Gasteiger partial charge is 0.494 e. The first-order chi connectivity index (χ1) is 14.2. The summed E-state index contributed by atoms with van der Waals surface area (Å²) in [6.45, 7) is 3.01. The van der Waals surface area contributed by atoms with Gasteiger partial charge in [0.05, 0.1) is 23.8 Å². The lowest BCUT2D eigenvalue weighted by Gasteiger charge is -2.27. The molecule has 4 nitrogen and oxygen atoms in total. The van der Waals surface area contributed by atoms with Crippen LogP contribution in [-0.4, -0.2) is 12.6 Å². The van der Waals surface area contributed by atoms with Gasteiger partial charge < -0.3 is 9.47 Å². The van der Waals surface area contributed by atoms with Crippen molar-refractivity contribution in [1.29, 1.82) is 5.26 Å². The maximum Gasteiger partial charge on any atom is 0.343 e. The highest BCUT2D eigenvalue weighted by molar-refractivity contribution is 5.91. The molecule has 0 atom stereocenters. The van der Waals surface area contributed by atoms with Crippen molar-refractivity contribution in [3.8, 4) is 17.6 Å². The van der Waals surface area contributed by atoms with Crippen molar-refractivity contribution >= 4 is 5.97 Å². The molecular formula is C25H29NO3. The maximum atomic E-state index is 12.2. The first-order valence-electron chi connectivity index (χ1n) is 10.6. The molecule has 29 heavy (non-hydrogen) atoms. The Kier molecular flexibility index (Phi) is 7.69. The molecule has 0 bridgehead atoms. The lowest BCUT2D eigenvalue weighted by Crippen LogP contribution is -2.14. The van der Waals surface area contributed by atoms with Gasteiger partial charge >= 0.3 is 5.97 Å². The fourth-order valence-electron chi connectivity index (χ4n) is 3.94. The van der Waals surface area contributed by atoms with Crippen molar-refractivity contribution < 1.29 is 14.3 Å². The number of nitrogens with zero attached hydrogens (tertiary/aromatic N) is 1. The molecule has 2 aromatic rings. The van der Waals surface area contributed by atoms with Gasteiger partial charge in [-0.25, -0.2) is 4.79 Å². The number of nitriles is 1. The van der Waals surface area contributed by atoms with Crippen LogP contribution >= 0.6 is 0 Å². The average molecular weight is 392 g/mol. The number of esters is 1. The quantitative estimate of drug-likeness (QED) is 0.307. The highest BCUT2D eigenvalue weighted by atomic mass is 16.5. The van der Waals surface area contributed by atoms with Crippen LogP contribution in [0.25, 0.3) is 0 Å². The fraction of sp³-hybridized carbons (Fsp3) is 0.440. The summed E-state index contributed by atoms with van der Waals surface area (Å²) >= 11 is 0. The Morgan fingerprint density at radius 1 is 0.966 bits per heavy atom. The molecule has 0 saturated heterocycles. The number of rotatable bonds is 8. The molecule has 4 heteroatoms.